The molecule has 1 unspecified atom stereocenters. The molecule has 1 aliphatic heterocycles. The van der Waals surface area contributed by atoms with Crippen LogP contribution in [0, 0.1) is 5.92 Å². The van der Waals surface area contributed by atoms with Gasteiger partial charge in [-0.15, -0.1) is 0 Å². The molecule has 1 aliphatic carbocycles. The van der Waals surface area contributed by atoms with Crippen LogP contribution in [0.4, 0.5) is 5.82 Å². The Bertz CT molecular complexity index is 478. The number of halogens is 1. The Labute approximate surface area is 117 Å². The molecule has 1 aromatic rings. The van der Waals surface area contributed by atoms with Crippen LogP contribution in [-0.4, -0.2) is 46.8 Å². The van der Waals surface area contributed by atoms with E-state index in [-0.39, 0.29) is 5.15 Å². The largest absolute Gasteiger partial charge is 0.369 e. The lowest BCUT2D eigenvalue weighted by Gasteiger charge is -2.15. The second kappa shape index (κ2) is 5.43. The van der Waals surface area contributed by atoms with Crippen LogP contribution in [0.3, 0.4) is 0 Å². The first kappa shape index (κ1) is 12.8. The predicted molar refractivity (Wildman–Crippen MR) is 73.6 cm³/mol. The summed E-state index contributed by atoms with van der Waals surface area (Å²) in [6.45, 7) is 3.17. The number of aldehydes is 1. The number of hydrogen-bond acceptors (Lipinski definition) is 5. The van der Waals surface area contributed by atoms with Gasteiger partial charge in [-0.25, -0.2) is 9.97 Å². The molecular weight excluding hydrogens is 264 g/mol. The van der Waals surface area contributed by atoms with E-state index in [4.69, 9.17) is 11.6 Å². The van der Waals surface area contributed by atoms with E-state index in [9.17, 15) is 4.79 Å². The number of carbonyl (C=O) groups excluding carboxylic acids is 1. The Kier molecular flexibility index (Phi) is 3.66. The highest BCUT2D eigenvalue weighted by Crippen LogP contribution is 2.31. The third kappa shape index (κ3) is 2.87. The van der Waals surface area contributed by atoms with Gasteiger partial charge in [0.25, 0.3) is 0 Å². The fourth-order valence-electron chi connectivity index (χ4n) is 2.66. The SMILES string of the molecule is O=Cc1c(Cl)ncnc1NCC1CCN(C2CC2)C1. The van der Waals surface area contributed by atoms with Crippen molar-refractivity contribution in [1.82, 2.24) is 14.9 Å². The van der Waals surface area contributed by atoms with Crippen molar-refractivity contribution >= 4 is 23.7 Å². The first-order chi connectivity index (χ1) is 9.28. The number of hydrogen-bond donors (Lipinski definition) is 1. The average molecular weight is 281 g/mol. The molecular formula is C13H17ClN4O. The van der Waals surface area contributed by atoms with Crippen LogP contribution >= 0.6 is 11.6 Å². The quantitative estimate of drug-likeness (QED) is 0.659. The Balaban J connectivity index is 1.57. The average Bonchev–Trinajstić information content (AvgIpc) is 3.16. The summed E-state index contributed by atoms with van der Waals surface area (Å²) in [7, 11) is 0. The van der Waals surface area contributed by atoms with Gasteiger partial charge in [0.05, 0.1) is 5.56 Å². The first-order valence-electron chi connectivity index (χ1n) is 6.71. The van der Waals surface area contributed by atoms with E-state index in [1.54, 1.807) is 0 Å². The molecule has 2 fully saturated rings. The molecule has 0 amide bonds. The van der Waals surface area contributed by atoms with Gasteiger partial charge in [-0.1, -0.05) is 11.6 Å². The third-order valence-electron chi connectivity index (χ3n) is 3.89. The lowest BCUT2D eigenvalue weighted by atomic mass is 10.1. The van der Waals surface area contributed by atoms with Crippen molar-refractivity contribution in [3.05, 3.63) is 17.0 Å². The van der Waals surface area contributed by atoms with Crippen molar-refractivity contribution in [2.45, 2.75) is 25.3 Å². The highest BCUT2D eigenvalue weighted by Gasteiger charge is 2.34. The van der Waals surface area contributed by atoms with Gasteiger partial charge in [-0.3, -0.25) is 4.79 Å². The summed E-state index contributed by atoms with van der Waals surface area (Å²) in [5.74, 6) is 1.16. The molecule has 0 radical (unpaired) electrons. The molecule has 2 heterocycles. The van der Waals surface area contributed by atoms with Crippen LogP contribution in [-0.2, 0) is 0 Å². The Morgan fingerprint density at radius 2 is 2.26 bits per heavy atom. The molecule has 0 bridgehead atoms. The summed E-state index contributed by atoms with van der Waals surface area (Å²) in [6.07, 6.45) is 6.01. The molecule has 1 aromatic heterocycles. The van der Waals surface area contributed by atoms with Crippen LogP contribution < -0.4 is 5.32 Å². The minimum atomic E-state index is 0.207. The summed E-state index contributed by atoms with van der Waals surface area (Å²) >= 11 is 5.87. The van der Waals surface area contributed by atoms with Crippen molar-refractivity contribution in [2.24, 2.45) is 5.92 Å². The lowest BCUT2D eigenvalue weighted by molar-refractivity contribution is 0.112. The Morgan fingerprint density at radius 3 is 3.00 bits per heavy atom. The molecule has 0 aromatic carbocycles. The van der Waals surface area contributed by atoms with Crippen molar-refractivity contribution < 1.29 is 4.79 Å². The van der Waals surface area contributed by atoms with Gasteiger partial charge in [0.1, 0.15) is 17.3 Å². The first-order valence-corrected chi connectivity index (χ1v) is 7.09. The van der Waals surface area contributed by atoms with Crippen molar-refractivity contribution in [3.63, 3.8) is 0 Å². The molecule has 1 saturated carbocycles. The van der Waals surface area contributed by atoms with Gasteiger partial charge in [0.15, 0.2) is 6.29 Å². The molecule has 5 nitrogen and oxygen atoms in total. The smallest absolute Gasteiger partial charge is 0.156 e. The fourth-order valence-corrected chi connectivity index (χ4v) is 2.84. The molecule has 2 aliphatic rings. The summed E-state index contributed by atoms with van der Waals surface area (Å²) in [6, 6.07) is 0.837. The molecule has 0 spiro atoms. The van der Waals surface area contributed by atoms with Gasteiger partial charge < -0.3 is 10.2 Å². The summed E-state index contributed by atoms with van der Waals surface area (Å²) < 4.78 is 0. The minimum Gasteiger partial charge on any atom is -0.369 e. The maximum atomic E-state index is 11.0. The van der Waals surface area contributed by atoms with Crippen LogP contribution in [0.25, 0.3) is 0 Å². The second-order valence-electron chi connectivity index (χ2n) is 5.31. The van der Waals surface area contributed by atoms with Crippen LogP contribution in [0.15, 0.2) is 6.33 Å². The molecule has 3 rings (SSSR count). The minimum absolute atomic E-state index is 0.207. The Hall–Kier alpha value is -1.20. The van der Waals surface area contributed by atoms with E-state index in [1.165, 1.54) is 32.1 Å². The maximum Gasteiger partial charge on any atom is 0.156 e. The highest BCUT2D eigenvalue weighted by molar-refractivity contribution is 6.32. The van der Waals surface area contributed by atoms with Crippen LogP contribution in [0.5, 0.6) is 0 Å². The van der Waals surface area contributed by atoms with Crippen molar-refractivity contribution in [2.75, 3.05) is 25.0 Å². The molecule has 19 heavy (non-hydrogen) atoms. The van der Waals surface area contributed by atoms with Crippen molar-refractivity contribution in [1.29, 1.82) is 0 Å². The molecule has 1 atom stereocenters. The van der Waals surface area contributed by atoms with Crippen LogP contribution in [0.1, 0.15) is 29.6 Å². The van der Waals surface area contributed by atoms with E-state index >= 15 is 0 Å². The predicted octanol–water partition coefficient (Wildman–Crippen LogP) is 1.84. The maximum absolute atomic E-state index is 11.0. The fraction of sp³-hybridized carbons (Fsp3) is 0.615. The topological polar surface area (TPSA) is 58.1 Å². The van der Waals surface area contributed by atoms with Gasteiger partial charge in [-0.05, 0) is 31.7 Å². The number of rotatable bonds is 5. The molecule has 1 N–H and O–H groups in total. The normalized spacial score (nSPS) is 23.5. The van der Waals surface area contributed by atoms with E-state index in [1.807, 2.05) is 0 Å². The number of nitrogens with zero attached hydrogens (tertiary/aromatic N) is 3. The lowest BCUT2D eigenvalue weighted by Crippen LogP contribution is -2.25. The van der Waals surface area contributed by atoms with Gasteiger partial charge in [0.2, 0.25) is 0 Å². The zero-order valence-corrected chi connectivity index (χ0v) is 11.4. The molecule has 6 heteroatoms. The number of nitrogens with one attached hydrogen (secondary N) is 1. The number of likely N-dealkylation sites (tertiary alicyclic amines) is 1. The van der Waals surface area contributed by atoms with E-state index in [0.717, 1.165) is 19.1 Å². The summed E-state index contributed by atoms with van der Waals surface area (Å²) in [4.78, 5) is 21.4. The zero-order valence-electron chi connectivity index (χ0n) is 10.7. The number of carbonyl (C=O) groups is 1. The van der Waals surface area contributed by atoms with E-state index in [0.29, 0.717) is 23.6 Å². The Morgan fingerprint density at radius 1 is 1.42 bits per heavy atom. The van der Waals surface area contributed by atoms with Gasteiger partial charge in [0, 0.05) is 19.1 Å². The zero-order chi connectivity index (χ0) is 13.2. The highest BCUT2D eigenvalue weighted by atomic mass is 35.5. The van der Waals surface area contributed by atoms with Gasteiger partial charge >= 0.3 is 0 Å². The van der Waals surface area contributed by atoms with E-state index < -0.39 is 0 Å². The molecule has 102 valence electrons. The standard InChI is InChI=1S/C13H17ClN4O/c14-12-11(7-19)13(17-8-16-12)15-5-9-3-4-18(6-9)10-1-2-10/h7-10H,1-6H2,(H,15,16,17). The number of aromatic nitrogens is 2. The number of anilines is 1. The molecule has 1 saturated heterocycles. The summed E-state index contributed by atoms with van der Waals surface area (Å²) in [5.41, 5.74) is 0.348. The second-order valence-corrected chi connectivity index (χ2v) is 5.66. The monoisotopic (exact) mass is 280 g/mol. The summed E-state index contributed by atoms with van der Waals surface area (Å²) in [5, 5.41) is 3.44. The van der Waals surface area contributed by atoms with E-state index in [2.05, 4.69) is 20.2 Å². The van der Waals surface area contributed by atoms with Gasteiger partial charge in [-0.2, -0.15) is 0 Å². The third-order valence-corrected chi connectivity index (χ3v) is 4.19. The van der Waals surface area contributed by atoms with Crippen LogP contribution in [0.2, 0.25) is 5.15 Å². The van der Waals surface area contributed by atoms with Crippen molar-refractivity contribution in [3.8, 4) is 0 Å².